The molecule has 0 aliphatic rings. The molecule has 0 heterocycles. The lowest BCUT2D eigenvalue weighted by molar-refractivity contribution is -0.144. The van der Waals surface area contributed by atoms with Gasteiger partial charge in [-0.1, -0.05) is 0 Å². The van der Waals surface area contributed by atoms with Gasteiger partial charge < -0.3 is 9.47 Å². The van der Waals surface area contributed by atoms with Crippen LogP contribution in [0.4, 0.5) is 4.39 Å². The number of carbonyl (C=O) groups excluding carboxylic acids is 1. The summed E-state index contributed by atoms with van der Waals surface area (Å²) in [4.78, 5) is 11.2. The molecule has 0 unspecified atom stereocenters. The van der Waals surface area contributed by atoms with Crippen molar-refractivity contribution in [3.63, 3.8) is 0 Å². The van der Waals surface area contributed by atoms with E-state index in [-0.39, 0.29) is 19.4 Å². The Bertz CT molecular complexity index is 440. The fourth-order valence-corrected chi connectivity index (χ4v) is 1.25. The molecule has 5 heteroatoms. The zero-order valence-corrected chi connectivity index (χ0v) is 9.40. The topological polar surface area (TPSA) is 59.3 Å². The monoisotopic (exact) mass is 237 g/mol. The molecule has 1 rings (SSSR count). The molecule has 0 saturated carbocycles. The molecule has 0 spiro atoms. The molecule has 0 radical (unpaired) electrons. The van der Waals surface area contributed by atoms with E-state index >= 15 is 0 Å². The van der Waals surface area contributed by atoms with Gasteiger partial charge in [0.2, 0.25) is 0 Å². The van der Waals surface area contributed by atoms with E-state index in [4.69, 9.17) is 14.7 Å². The lowest BCUT2D eigenvalue weighted by Gasteiger charge is -2.08. The normalized spacial score (nSPS) is 9.47. The van der Waals surface area contributed by atoms with Crippen LogP contribution in [-0.4, -0.2) is 13.1 Å². The van der Waals surface area contributed by atoms with Crippen LogP contribution < -0.4 is 4.74 Å². The van der Waals surface area contributed by atoms with Crippen LogP contribution in [0.5, 0.6) is 5.75 Å². The van der Waals surface area contributed by atoms with Gasteiger partial charge >= 0.3 is 5.97 Å². The zero-order valence-electron chi connectivity index (χ0n) is 9.40. The number of halogens is 1. The maximum atomic E-state index is 13.0. The molecule has 0 amide bonds. The minimum Gasteiger partial charge on any atom is -0.496 e. The van der Waals surface area contributed by atoms with Crippen LogP contribution in [0.3, 0.4) is 0 Å². The standard InChI is InChI=1S/C12H12FNO3/c1-16-11-5-4-10(13)7-9(11)8-17-12(15)3-2-6-14/h4-5,7H,2-3,8H2,1H3. The lowest BCUT2D eigenvalue weighted by atomic mass is 10.2. The van der Waals surface area contributed by atoms with Crippen molar-refractivity contribution in [3.05, 3.63) is 29.6 Å². The predicted octanol–water partition coefficient (Wildman–Crippen LogP) is 2.18. The van der Waals surface area contributed by atoms with Gasteiger partial charge in [0.1, 0.15) is 18.2 Å². The summed E-state index contributed by atoms with van der Waals surface area (Å²) in [6.45, 7) is -0.0643. The van der Waals surface area contributed by atoms with Crippen LogP contribution in [0.2, 0.25) is 0 Å². The maximum absolute atomic E-state index is 13.0. The predicted molar refractivity (Wildman–Crippen MR) is 57.6 cm³/mol. The van der Waals surface area contributed by atoms with E-state index in [2.05, 4.69) is 0 Å². The second kappa shape index (κ2) is 6.48. The van der Waals surface area contributed by atoms with Crippen LogP contribution >= 0.6 is 0 Å². The van der Waals surface area contributed by atoms with Crippen molar-refractivity contribution in [2.24, 2.45) is 0 Å². The van der Waals surface area contributed by atoms with Crippen LogP contribution in [0.1, 0.15) is 18.4 Å². The summed E-state index contributed by atoms with van der Waals surface area (Å²) in [5.41, 5.74) is 0.456. The number of esters is 1. The molecule has 0 N–H and O–H groups in total. The first-order valence-corrected chi connectivity index (χ1v) is 5.02. The molecule has 17 heavy (non-hydrogen) atoms. The third-order valence-electron chi connectivity index (χ3n) is 2.07. The second-order valence-electron chi connectivity index (χ2n) is 3.27. The Labute approximate surface area is 98.6 Å². The van der Waals surface area contributed by atoms with Crippen molar-refractivity contribution in [1.82, 2.24) is 0 Å². The Hall–Kier alpha value is -2.09. The molecule has 0 aliphatic heterocycles. The summed E-state index contributed by atoms with van der Waals surface area (Å²) < 4.78 is 22.9. The van der Waals surface area contributed by atoms with E-state index in [1.54, 1.807) is 0 Å². The van der Waals surface area contributed by atoms with Gasteiger partial charge in [0.15, 0.2) is 0 Å². The van der Waals surface area contributed by atoms with Crippen molar-refractivity contribution in [2.45, 2.75) is 19.4 Å². The number of nitriles is 1. The average molecular weight is 237 g/mol. The maximum Gasteiger partial charge on any atom is 0.307 e. The van der Waals surface area contributed by atoms with Crippen LogP contribution in [0.15, 0.2) is 18.2 Å². The minimum atomic E-state index is -0.488. The number of rotatable bonds is 5. The number of carbonyl (C=O) groups is 1. The summed E-state index contributed by atoms with van der Waals surface area (Å²) in [5, 5.41) is 8.29. The molecule has 0 bridgehead atoms. The molecule has 0 aliphatic carbocycles. The van der Waals surface area contributed by atoms with Crippen molar-refractivity contribution in [1.29, 1.82) is 5.26 Å². The molecule has 90 valence electrons. The van der Waals surface area contributed by atoms with Crippen molar-refractivity contribution in [3.8, 4) is 11.8 Å². The summed E-state index contributed by atoms with van der Waals surface area (Å²) in [7, 11) is 1.45. The summed E-state index contributed by atoms with van der Waals surface area (Å²) in [6.07, 6.45) is 0.146. The van der Waals surface area contributed by atoms with E-state index in [1.807, 2.05) is 6.07 Å². The Morgan fingerprint density at radius 2 is 2.29 bits per heavy atom. The molecule has 0 atom stereocenters. The van der Waals surface area contributed by atoms with Gasteiger partial charge in [-0.2, -0.15) is 5.26 Å². The molecular weight excluding hydrogens is 225 g/mol. The van der Waals surface area contributed by atoms with Gasteiger partial charge in [-0.15, -0.1) is 0 Å². The zero-order chi connectivity index (χ0) is 12.7. The Morgan fingerprint density at radius 1 is 1.53 bits per heavy atom. The largest absolute Gasteiger partial charge is 0.496 e. The van der Waals surface area contributed by atoms with Crippen molar-refractivity contribution >= 4 is 5.97 Å². The van der Waals surface area contributed by atoms with E-state index in [0.29, 0.717) is 11.3 Å². The SMILES string of the molecule is COc1ccc(F)cc1COC(=O)CCC#N. The molecule has 1 aromatic rings. The van der Waals surface area contributed by atoms with Crippen molar-refractivity contribution in [2.75, 3.05) is 7.11 Å². The first-order valence-electron chi connectivity index (χ1n) is 5.02. The Balaban J connectivity index is 2.59. The fraction of sp³-hybridized carbons (Fsp3) is 0.333. The highest BCUT2D eigenvalue weighted by molar-refractivity contribution is 5.69. The fourth-order valence-electron chi connectivity index (χ4n) is 1.25. The lowest BCUT2D eigenvalue weighted by Crippen LogP contribution is -2.05. The summed E-state index contributed by atoms with van der Waals surface area (Å²) in [5.74, 6) is -0.453. The molecular formula is C12H12FNO3. The number of hydrogen-bond acceptors (Lipinski definition) is 4. The highest BCUT2D eigenvalue weighted by Crippen LogP contribution is 2.20. The van der Waals surface area contributed by atoms with Gasteiger partial charge in [0.05, 0.1) is 19.6 Å². The van der Waals surface area contributed by atoms with E-state index < -0.39 is 11.8 Å². The van der Waals surface area contributed by atoms with Gasteiger partial charge in [0.25, 0.3) is 0 Å². The van der Waals surface area contributed by atoms with Crippen LogP contribution in [0.25, 0.3) is 0 Å². The number of hydrogen-bond donors (Lipinski definition) is 0. The van der Waals surface area contributed by atoms with Gasteiger partial charge in [-0.05, 0) is 18.2 Å². The van der Waals surface area contributed by atoms with Gasteiger partial charge in [0, 0.05) is 12.0 Å². The Morgan fingerprint density at radius 3 is 2.94 bits per heavy atom. The smallest absolute Gasteiger partial charge is 0.307 e. The average Bonchev–Trinajstić information content (AvgIpc) is 2.34. The number of benzene rings is 1. The van der Waals surface area contributed by atoms with Gasteiger partial charge in [-0.25, -0.2) is 4.39 Å². The second-order valence-corrected chi connectivity index (χ2v) is 3.27. The van der Waals surface area contributed by atoms with Gasteiger partial charge in [-0.3, -0.25) is 4.79 Å². The third kappa shape index (κ3) is 4.11. The van der Waals surface area contributed by atoms with Crippen molar-refractivity contribution < 1.29 is 18.7 Å². The Kier molecular flexibility index (Phi) is 4.95. The molecule has 0 aromatic heterocycles. The molecule has 1 aromatic carbocycles. The van der Waals surface area contributed by atoms with E-state index in [1.165, 1.54) is 25.3 Å². The summed E-state index contributed by atoms with van der Waals surface area (Å²) >= 11 is 0. The van der Waals surface area contributed by atoms with E-state index in [0.717, 1.165) is 0 Å². The quantitative estimate of drug-likeness (QED) is 0.736. The van der Waals surface area contributed by atoms with Crippen LogP contribution in [0, 0.1) is 17.1 Å². The van der Waals surface area contributed by atoms with E-state index in [9.17, 15) is 9.18 Å². The molecule has 0 saturated heterocycles. The molecule has 4 nitrogen and oxygen atoms in total. The van der Waals surface area contributed by atoms with Crippen LogP contribution in [-0.2, 0) is 16.1 Å². The number of nitrogens with zero attached hydrogens (tertiary/aromatic N) is 1. The highest BCUT2D eigenvalue weighted by Gasteiger charge is 2.08. The number of methoxy groups -OCH3 is 1. The minimum absolute atomic E-state index is 0.0358. The third-order valence-corrected chi connectivity index (χ3v) is 2.07. The highest BCUT2D eigenvalue weighted by atomic mass is 19.1. The first kappa shape index (κ1) is 13.0. The molecule has 0 fully saturated rings. The summed E-state index contributed by atoms with van der Waals surface area (Å²) in [6, 6.07) is 5.82. The number of ether oxygens (including phenoxy) is 2. The first-order chi connectivity index (χ1) is 8.17.